The summed E-state index contributed by atoms with van der Waals surface area (Å²) in [7, 11) is 3.20. The molecule has 0 aromatic heterocycles. The minimum atomic E-state index is -0.112. The number of benzene rings is 2. The lowest BCUT2D eigenvalue weighted by Crippen LogP contribution is -2.39. The highest BCUT2D eigenvalue weighted by Gasteiger charge is 2.32. The largest absolute Gasteiger partial charge is 0.497 e. The molecule has 1 aliphatic rings. The van der Waals surface area contributed by atoms with E-state index < -0.39 is 0 Å². The molecule has 166 valence electrons. The summed E-state index contributed by atoms with van der Waals surface area (Å²) in [5, 5.41) is 2.93. The molecule has 0 saturated heterocycles. The lowest BCUT2D eigenvalue weighted by molar-refractivity contribution is -0.134. The molecule has 2 aromatic rings. The second-order valence-corrected chi connectivity index (χ2v) is 7.46. The topological polar surface area (TPSA) is 77.1 Å². The standard InChI is InChI=1S/C24H30N2O5/c1-29-20-11-7-18(8-12-20)13-15-25-23(27)14-16-26(19-9-10-19)24(28)17-31-22-6-4-3-5-21(22)30-2/h3-8,11-12,19H,9-10,13-17H2,1-2H3,(H,25,27). The molecule has 1 N–H and O–H groups in total. The molecule has 3 rings (SSSR count). The molecule has 0 bridgehead atoms. The quantitative estimate of drug-likeness (QED) is 0.565. The third-order valence-electron chi connectivity index (χ3n) is 5.20. The molecular formula is C24H30N2O5. The van der Waals surface area contributed by atoms with Crippen LogP contribution in [0, 0.1) is 0 Å². The molecule has 2 amide bonds. The zero-order valence-electron chi connectivity index (χ0n) is 18.1. The second kappa shape index (κ2) is 11.2. The molecular weight excluding hydrogens is 396 g/mol. The fourth-order valence-electron chi connectivity index (χ4n) is 3.31. The first-order valence-electron chi connectivity index (χ1n) is 10.6. The van der Waals surface area contributed by atoms with Gasteiger partial charge in [-0.3, -0.25) is 9.59 Å². The van der Waals surface area contributed by atoms with Crippen LogP contribution >= 0.6 is 0 Å². The molecule has 1 fully saturated rings. The van der Waals surface area contributed by atoms with Gasteiger partial charge in [-0.15, -0.1) is 0 Å². The highest BCUT2D eigenvalue weighted by Crippen LogP contribution is 2.28. The SMILES string of the molecule is COc1ccc(CCNC(=O)CCN(C(=O)COc2ccccc2OC)C2CC2)cc1. The summed E-state index contributed by atoms with van der Waals surface area (Å²) in [6.07, 6.45) is 2.96. The first-order chi connectivity index (χ1) is 15.1. The molecule has 1 saturated carbocycles. The van der Waals surface area contributed by atoms with Gasteiger partial charge in [-0.2, -0.15) is 0 Å². The Bertz CT molecular complexity index is 865. The number of amides is 2. The molecule has 0 atom stereocenters. The number of nitrogens with one attached hydrogen (secondary N) is 1. The fourth-order valence-corrected chi connectivity index (χ4v) is 3.31. The van der Waals surface area contributed by atoms with Gasteiger partial charge in [-0.1, -0.05) is 24.3 Å². The van der Waals surface area contributed by atoms with E-state index in [1.54, 1.807) is 31.3 Å². The van der Waals surface area contributed by atoms with Gasteiger partial charge in [-0.25, -0.2) is 0 Å². The van der Waals surface area contributed by atoms with Crippen molar-refractivity contribution < 1.29 is 23.8 Å². The number of para-hydroxylation sites is 2. The smallest absolute Gasteiger partial charge is 0.260 e. The normalized spacial score (nSPS) is 12.7. The monoisotopic (exact) mass is 426 g/mol. The minimum absolute atomic E-state index is 0.0578. The van der Waals surface area contributed by atoms with Crippen molar-refractivity contribution in [3.05, 3.63) is 54.1 Å². The summed E-state index contributed by atoms with van der Waals surface area (Å²) in [4.78, 5) is 26.7. The fraction of sp³-hybridized carbons (Fsp3) is 0.417. The van der Waals surface area contributed by atoms with E-state index in [1.807, 2.05) is 36.4 Å². The lowest BCUT2D eigenvalue weighted by atomic mass is 10.1. The average Bonchev–Trinajstić information content (AvgIpc) is 3.63. The van der Waals surface area contributed by atoms with Crippen LogP contribution in [0.15, 0.2) is 48.5 Å². The number of hydrogen-bond donors (Lipinski definition) is 1. The maximum absolute atomic E-state index is 12.7. The molecule has 0 aliphatic heterocycles. The molecule has 0 heterocycles. The van der Waals surface area contributed by atoms with E-state index in [0.29, 0.717) is 24.6 Å². The van der Waals surface area contributed by atoms with Crippen LogP contribution in [0.5, 0.6) is 17.2 Å². The number of carbonyl (C=O) groups is 2. The average molecular weight is 427 g/mol. The van der Waals surface area contributed by atoms with Gasteiger partial charge in [0, 0.05) is 25.6 Å². The van der Waals surface area contributed by atoms with Crippen molar-refractivity contribution in [2.24, 2.45) is 0 Å². The Morgan fingerprint density at radius 2 is 1.71 bits per heavy atom. The molecule has 31 heavy (non-hydrogen) atoms. The third kappa shape index (κ3) is 6.91. The summed E-state index contributed by atoms with van der Waals surface area (Å²) in [6.45, 7) is 0.878. The lowest BCUT2D eigenvalue weighted by Gasteiger charge is -2.22. The Balaban J connectivity index is 1.41. The van der Waals surface area contributed by atoms with Gasteiger partial charge in [0.2, 0.25) is 5.91 Å². The molecule has 1 aliphatic carbocycles. The highest BCUT2D eigenvalue weighted by atomic mass is 16.5. The predicted octanol–water partition coefficient (Wildman–Crippen LogP) is 2.82. The van der Waals surface area contributed by atoms with Crippen LogP contribution < -0.4 is 19.5 Å². The zero-order valence-corrected chi connectivity index (χ0v) is 18.1. The maximum atomic E-state index is 12.7. The Morgan fingerprint density at radius 1 is 1.00 bits per heavy atom. The third-order valence-corrected chi connectivity index (χ3v) is 5.20. The van der Waals surface area contributed by atoms with E-state index in [4.69, 9.17) is 14.2 Å². The second-order valence-electron chi connectivity index (χ2n) is 7.46. The van der Waals surface area contributed by atoms with Crippen molar-refractivity contribution in [3.63, 3.8) is 0 Å². The van der Waals surface area contributed by atoms with Crippen LogP contribution in [0.25, 0.3) is 0 Å². The van der Waals surface area contributed by atoms with Crippen LogP contribution in [0.4, 0.5) is 0 Å². The first kappa shape index (κ1) is 22.5. The van der Waals surface area contributed by atoms with Crippen molar-refractivity contribution in [3.8, 4) is 17.2 Å². The van der Waals surface area contributed by atoms with Gasteiger partial charge in [0.15, 0.2) is 18.1 Å². The highest BCUT2D eigenvalue weighted by molar-refractivity contribution is 5.80. The molecule has 2 aromatic carbocycles. The van der Waals surface area contributed by atoms with Gasteiger partial charge in [0.05, 0.1) is 14.2 Å². The van der Waals surface area contributed by atoms with Gasteiger partial charge < -0.3 is 24.4 Å². The van der Waals surface area contributed by atoms with Gasteiger partial charge in [0.1, 0.15) is 5.75 Å². The van der Waals surface area contributed by atoms with Crippen LogP contribution in [0.3, 0.4) is 0 Å². The van der Waals surface area contributed by atoms with E-state index in [-0.39, 0.29) is 30.9 Å². The molecule has 0 spiro atoms. The van der Waals surface area contributed by atoms with E-state index in [9.17, 15) is 9.59 Å². The predicted molar refractivity (Wildman–Crippen MR) is 118 cm³/mol. The molecule has 0 radical (unpaired) electrons. The number of carbonyl (C=O) groups excluding carboxylic acids is 2. The summed E-state index contributed by atoms with van der Waals surface area (Å²) in [5.74, 6) is 1.76. The maximum Gasteiger partial charge on any atom is 0.260 e. The summed E-state index contributed by atoms with van der Waals surface area (Å²) >= 11 is 0. The van der Waals surface area contributed by atoms with E-state index in [0.717, 1.165) is 30.6 Å². The number of hydrogen-bond acceptors (Lipinski definition) is 5. The number of rotatable bonds is 12. The van der Waals surface area contributed by atoms with Crippen LogP contribution in [-0.4, -0.2) is 56.7 Å². The van der Waals surface area contributed by atoms with Gasteiger partial charge in [-0.05, 0) is 49.1 Å². The zero-order chi connectivity index (χ0) is 22.1. The van der Waals surface area contributed by atoms with Gasteiger partial charge in [0.25, 0.3) is 5.91 Å². The van der Waals surface area contributed by atoms with E-state index in [1.165, 1.54) is 0 Å². The van der Waals surface area contributed by atoms with Crippen LogP contribution in [-0.2, 0) is 16.0 Å². The summed E-state index contributed by atoms with van der Waals surface area (Å²) in [5.41, 5.74) is 1.13. The Labute approximate surface area is 183 Å². The van der Waals surface area contributed by atoms with Crippen molar-refractivity contribution >= 4 is 11.8 Å². The van der Waals surface area contributed by atoms with Crippen molar-refractivity contribution in [2.75, 3.05) is 33.9 Å². The number of methoxy groups -OCH3 is 2. The molecule has 0 unspecified atom stereocenters. The number of ether oxygens (including phenoxy) is 3. The molecule has 7 nitrogen and oxygen atoms in total. The van der Waals surface area contributed by atoms with Crippen molar-refractivity contribution in [2.45, 2.75) is 31.7 Å². The Hall–Kier alpha value is -3.22. The van der Waals surface area contributed by atoms with Crippen LogP contribution in [0.1, 0.15) is 24.8 Å². The van der Waals surface area contributed by atoms with E-state index in [2.05, 4.69) is 5.32 Å². The van der Waals surface area contributed by atoms with E-state index >= 15 is 0 Å². The van der Waals surface area contributed by atoms with Crippen molar-refractivity contribution in [1.29, 1.82) is 0 Å². The molecule has 7 heteroatoms. The Kier molecular flexibility index (Phi) is 8.15. The van der Waals surface area contributed by atoms with Crippen LogP contribution in [0.2, 0.25) is 0 Å². The van der Waals surface area contributed by atoms with Gasteiger partial charge >= 0.3 is 0 Å². The summed E-state index contributed by atoms with van der Waals surface area (Å²) in [6, 6.07) is 15.2. The Morgan fingerprint density at radius 3 is 2.35 bits per heavy atom. The number of nitrogens with zero attached hydrogens (tertiary/aromatic N) is 1. The van der Waals surface area contributed by atoms with Crippen molar-refractivity contribution in [1.82, 2.24) is 10.2 Å². The summed E-state index contributed by atoms with van der Waals surface area (Å²) < 4.78 is 16.1. The minimum Gasteiger partial charge on any atom is -0.497 e. The first-order valence-corrected chi connectivity index (χ1v) is 10.6.